The lowest BCUT2D eigenvalue weighted by Gasteiger charge is -2.16. The maximum Gasteiger partial charge on any atom is 0.416 e. The maximum atomic E-state index is 13.2. The molecule has 6 nitrogen and oxygen atoms in total. The molecule has 1 heterocycles. The van der Waals surface area contributed by atoms with E-state index in [0.29, 0.717) is 6.07 Å². The summed E-state index contributed by atoms with van der Waals surface area (Å²) >= 11 is 0. The molecule has 0 atom stereocenters. The minimum absolute atomic E-state index is 0.125. The van der Waals surface area contributed by atoms with Crippen molar-refractivity contribution in [2.24, 2.45) is 0 Å². The first-order valence-electron chi connectivity index (χ1n) is 9.09. The van der Waals surface area contributed by atoms with Gasteiger partial charge in [-0.15, -0.1) is 0 Å². The smallest absolute Gasteiger partial charge is 0.343 e. The summed E-state index contributed by atoms with van der Waals surface area (Å²) in [5.74, 6) is -1.07. The van der Waals surface area contributed by atoms with Gasteiger partial charge in [0.15, 0.2) is 0 Å². The number of alkyl halides is 6. The predicted octanol–water partition coefficient (Wildman–Crippen LogP) is 4.59. The Balaban J connectivity index is 1.89. The van der Waals surface area contributed by atoms with E-state index in [1.165, 1.54) is 17.0 Å². The molecule has 13 heteroatoms. The topological polar surface area (TPSA) is 80.2 Å². The third-order valence-corrected chi connectivity index (χ3v) is 5.71. The molecule has 0 bridgehead atoms. The second-order valence-electron chi connectivity index (χ2n) is 6.75. The predicted molar refractivity (Wildman–Crippen MR) is 106 cm³/mol. The van der Waals surface area contributed by atoms with Gasteiger partial charge in [0.1, 0.15) is 6.54 Å². The van der Waals surface area contributed by atoms with Crippen molar-refractivity contribution in [2.75, 3.05) is 11.3 Å². The van der Waals surface area contributed by atoms with E-state index in [1.807, 2.05) is 0 Å². The van der Waals surface area contributed by atoms with E-state index < -0.39 is 45.3 Å². The van der Waals surface area contributed by atoms with Crippen molar-refractivity contribution in [1.29, 1.82) is 0 Å². The first-order valence-corrected chi connectivity index (χ1v) is 10.6. The van der Waals surface area contributed by atoms with Crippen LogP contribution in [-0.4, -0.2) is 31.6 Å². The number of amides is 1. The lowest BCUT2D eigenvalue weighted by atomic mass is 10.1. The second-order valence-corrected chi connectivity index (χ2v) is 8.43. The van der Waals surface area contributed by atoms with Gasteiger partial charge in [0, 0.05) is 18.0 Å². The van der Waals surface area contributed by atoms with Crippen LogP contribution in [-0.2, 0) is 16.2 Å². The number of anilines is 1. The summed E-state index contributed by atoms with van der Waals surface area (Å²) in [6, 6.07) is 9.62. The van der Waals surface area contributed by atoms with Gasteiger partial charge in [0.05, 0.1) is 21.8 Å². The molecule has 3 rings (SSSR count). The van der Waals surface area contributed by atoms with Gasteiger partial charge in [0.2, 0.25) is 0 Å². The molecule has 2 N–H and O–H groups in total. The van der Waals surface area contributed by atoms with E-state index >= 15 is 0 Å². The second kappa shape index (κ2) is 8.81. The monoisotopic (exact) mass is 491 g/mol. The molecule has 0 aliphatic carbocycles. The van der Waals surface area contributed by atoms with E-state index in [9.17, 15) is 39.6 Å². The van der Waals surface area contributed by atoms with Gasteiger partial charge >= 0.3 is 12.4 Å². The molecule has 0 aliphatic heterocycles. The summed E-state index contributed by atoms with van der Waals surface area (Å²) in [6.07, 6.45) is -6.32. The van der Waals surface area contributed by atoms with Crippen LogP contribution in [0.15, 0.2) is 71.9 Å². The van der Waals surface area contributed by atoms with Crippen LogP contribution in [0.25, 0.3) is 5.69 Å². The average Bonchev–Trinajstić information content (AvgIpc) is 3.25. The zero-order valence-electron chi connectivity index (χ0n) is 16.4. The number of hydrogen-bond acceptors (Lipinski definition) is 3. The average molecular weight is 491 g/mol. The highest BCUT2D eigenvalue weighted by atomic mass is 32.2. The number of carbonyl (C=O) groups is 1. The lowest BCUT2D eigenvalue weighted by Crippen LogP contribution is -2.33. The first-order chi connectivity index (χ1) is 15.3. The minimum Gasteiger partial charge on any atom is -0.343 e. The van der Waals surface area contributed by atoms with Crippen LogP contribution >= 0.6 is 0 Å². The molecule has 1 amide bonds. The van der Waals surface area contributed by atoms with Crippen molar-refractivity contribution in [3.05, 3.63) is 78.1 Å². The van der Waals surface area contributed by atoms with Gasteiger partial charge in [0.25, 0.3) is 15.9 Å². The van der Waals surface area contributed by atoms with E-state index in [1.54, 1.807) is 17.4 Å². The van der Waals surface area contributed by atoms with Gasteiger partial charge in [-0.1, -0.05) is 0 Å². The quantitative estimate of drug-likeness (QED) is 0.495. The normalized spacial score (nSPS) is 12.4. The summed E-state index contributed by atoms with van der Waals surface area (Å²) in [5.41, 5.74) is -1.54. The summed E-state index contributed by atoms with van der Waals surface area (Å²) in [4.78, 5) is 11.4. The Morgan fingerprint density at radius 1 is 0.909 bits per heavy atom. The molecule has 0 radical (unpaired) electrons. The molecule has 1 aromatic heterocycles. The summed E-state index contributed by atoms with van der Waals surface area (Å²) < 4.78 is 105. The van der Waals surface area contributed by atoms with Crippen molar-refractivity contribution >= 4 is 21.6 Å². The molecular formula is C20H15F6N3O3S. The van der Waals surface area contributed by atoms with E-state index in [2.05, 4.69) is 4.72 Å². The number of nitrogens with one attached hydrogen (secondary N) is 2. The van der Waals surface area contributed by atoms with Gasteiger partial charge < -0.3 is 9.88 Å². The third kappa shape index (κ3) is 6.06. The minimum atomic E-state index is -4.72. The number of rotatable bonds is 6. The lowest BCUT2D eigenvalue weighted by molar-refractivity contribution is -0.137. The molecule has 176 valence electrons. The number of sulfonamides is 1. The Morgan fingerprint density at radius 2 is 1.52 bits per heavy atom. The SMILES string of the molecule is O=C(NCC(F)(F)F)c1ccc(S(=O)(=O)Nc2cc(C(F)(F)F)ccc2-n2cccc2)cc1. The van der Waals surface area contributed by atoms with E-state index in [4.69, 9.17) is 0 Å². The number of halogens is 6. The summed E-state index contributed by atoms with van der Waals surface area (Å²) in [7, 11) is -4.41. The molecule has 0 fully saturated rings. The number of aromatic nitrogens is 1. The third-order valence-electron chi connectivity index (χ3n) is 4.33. The van der Waals surface area contributed by atoms with Crippen LogP contribution in [0.3, 0.4) is 0 Å². The Morgan fingerprint density at radius 3 is 2.06 bits per heavy atom. The summed E-state index contributed by atoms with van der Waals surface area (Å²) in [6.45, 7) is -1.56. The molecule has 0 saturated carbocycles. The molecular weight excluding hydrogens is 476 g/mol. The van der Waals surface area contributed by atoms with Crippen molar-refractivity contribution < 1.29 is 39.6 Å². The highest BCUT2D eigenvalue weighted by Gasteiger charge is 2.32. The molecule has 0 aliphatic rings. The number of carbonyl (C=O) groups excluding carboxylic acids is 1. The Bertz CT molecular complexity index is 1240. The highest BCUT2D eigenvalue weighted by Crippen LogP contribution is 2.34. The fourth-order valence-corrected chi connectivity index (χ4v) is 3.85. The Labute approximate surface area is 183 Å². The van der Waals surface area contributed by atoms with Crippen molar-refractivity contribution in [1.82, 2.24) is 9.88 Å². The van der Waals surface area contributed by atoms with Crippen LogP contribution in [0.2, 0.25) is 0 Å². The Kier molecular flexibility index (Phi) is 6.45. The van der Waals surface area contributed by atoms with Crippen molar-refractivity contribution in [2.45, 2.75) is 17.2 Å². The molecule has 3 aromatic rings. The van der Waals surface area contributed by atoms with Gasteiger partial charge in [-0.25, -0.2) is 8.42 Å². The number of nitrogens with zero attached hydrogens (tertiary/aromatic N) is 1. The van der Waals surface area contributed by atoms with Crippen LogP contribution in [0, 0.1) is 0 Å². The van der Waals surface area contributed by atoms with Gasteiger partial charge in [-0.2, -0.15) is 26.3 Å². The number of benzene rings is 2. The highest BCUT2D eigenvalue weighted by molar-refractivity contribution is 7.92. The van der Waals surface area contributed by atoms with Gasteiger partial charge in [-0.05, 0) is 54.6 Å². The Hall–Kier alpha value is -3.48. The zero-order chi connectivity index (χ0) is 24.4. The molecule has 2 aromatic carbocycles. The van der Waals surface area contributed by atoms with Crippen molar-refractivity contribution in [3.8, 4) is 5.69 Å². The maximum absolute atomic E-state index is 13.2. The van der Waals surface area contributed by atoms with Gasteiger partial charge in [-0.3, -0.25) is 9.52 Å². The first kappa shape index (κ1) is 24.2. The molecule has 0 unspecified atom stereocenters. The van der Waals surface area contributed by atoms with Crippen LogP contribution in [0.5, 0.6) is 0 Å². The van der Waals surface area contributed by atoms with E-state index in [-0.39, 0.29) is 16.9 Å². The van der Waals surface area contributed by atoms with Crippen LogP contribution < -0.4 is 10.0 Å². The molecule has 33 heavy (non-hydrogen) atoms. The van der Waals surface area contributed by atoms with Crippen LogP contribution in [0.1, 0.15) is 15.9 Å². The fourth-order valence-electron chi connectivity index (χ4n) is 2.79. The standard InChI is InChI=1S/C20H15F6N3O3S/c21-19(22,23)12-27-18(30)13-3-6-15(7-4-13)33(31,32)28-16-11-14(20(24,25)26)5-8-17(16)29-9-1-2-10-29/h1-11,28H,12H2,(H,27,30). The number of hydrogen-bond donors (Lipinski definition) is 2. The van der Waals surface area contributed by atoms with E-state index in [0.717, 1.165) is 36.4 Å². The zero-order valence-corrected chi connectivity index (χ0v) is 17.2. The fraction of sp³-hybridized carbons (Fsp3) is 0.150. The largest absolute Gasteiger partial charge is 0.416 e. The van der Waals surface area contributed by atoms with Crippen LogP contribution in [0.4, 0.5) is 32.0 Å². The molecule has 0 spiro atoms. The molecule has 0 saturated heterocycles. The summed E-state index contributed by atoms with van der Waals surface area (Å²) in [5, 5.41) is 1.64. The van der Waals surface area contributed by atoms with Crippen molar-refractivity contribution in [3.63, 3.8) is 0 Å².